The highest BCUT2D eigenvalue weighted by Crippen LogP contribution is 2.29. The van der Waals surface area contributed by atoms with Gasteiger partial charge < -0.3 is 15.4 Å². The lowest BCUT2D eigenvalue weighted by molar-refractivity contribution is -0.126. The van der Waals surface area contributed by atoms with Crippen molar-refractivity contribution in [3.63, 3.8) is 0 Å². The third kappa shape index (κ3) is 4.23. The molecule has 2 rings (SSSR count). The molecule has 22 heavy (non-hydrogen) atoms. The number of carbonyl (C=O) groups excluding carboxylic acids is 2. The van der Waals surface area contributed by atoms with E-state index in [0.29, 0.717) is 18.0 Å². The van der Waals surface area contributed by atoms with Crippen LogP contribution in [-0.4, -0.2) is 24.5 Å². The molecule has 5 heteroatoms. The topological polar surface area (TPSA) is 67.4 Å². The maximum atomic E-state index is 12.6. The highest BCUT2D eigenvalue weighted by molar-refractivity contribution is 5.98. The van der Waals surface area contributed by atoms with E-state index in [-0.39, 0.29) is 17.7 Å². The van der Waals surface area contributed by atoms with Gasteiger partial charge in [0.05, 0.1) is 12.3 Å². The van der Waals surface area contributed by atoms with E-state index in [2.05, 4.69) is 10.6 Å². The Kier molecular flexibility index (Phi) is 5.81. The van der Waals surface area contributed by atoms with Gasteiger partial charge in [0.25, 0.3) is 0 Å². The fourth-order valence-corrected chi connectivity index (χ4v) is 2.97. The molecule has 1 atom stereocenters. The molecule has 120 valence electrons. The van der Waals surface area contributed by atoms with Gasteiger partial charge in [0, 0.05) is 6.92 Å². The molecule has 0 aliphatic heterocycles. The van der Waals surface area contributed by atoms with E-state index in [1.54, 1.807) is 0 Å². The minimum Gasteiger partial charge on any atom is -0.492 e. The number of anilines is 1. The van der Waals surface area contributed by atoms with E-state index >= 15 is 0 Å². The molecule has 1 fully saturated rings. The van der Waals surface area contributed by atoms with Crippen LogP contribution in [0.4, 0.5) is 5.69 Å². The fourth-order valence-electron chi connectivity index (χ4n) is 2.97. The van der Waals surface area contributed by atoms with Crippen molar-refractivity contribution in [1.82, 2.24) is 5.32 Å². The van der Waals surface area contributed by atoms with Crippen molar-refractivity contribution >= 4 is 17.5 Å². The average molecular weight is 304 g/mol. The highest BCUT2D eigenvalue weighted by atomic mass is 16.5. The second-order valence-electron chi connectivity index (χ2n) is 5.64. The summed E-state index contributed by atoms with van der Waals surface area (Å²) in [5.74, 6) is 0.508. The molecule has 2 N–H and O–H groups in total. The zero-order valence-electron chi connectivity index (χ0n) is 13.2. The summed E-state index contributed by atoms with van der Waals surface area (Å²) in [5.41, 5.74) is 0.641. The van der Waals surface area contributed by atoms with Crippen molar-refractivity contribution < 1.29 is 14.3 Å². The molecule has 1 aromatic carbocycles. The molecule has 5 nitrogen and oxygen atoms in total. The van der Waals surface area contributed by atoms with Crippen LogP contribution in [0.15, 0.2) is 24.3 Å². The van der Waals surface area contributed by atoms with E-state index in [9.17, 15) is 9.59 Å². The number of nitrogens with one attached hydrogen (secondary N) is 2. The van der Waals surface area contributed by atoms with E-state index < -0.39 is 6.04 Å². The number of hydrogen-bond donors (Lipinski definition) is 2. The van der Waals surface area contributed by atoms with Gasteiger partial charge in [-0.1, -0.05) is 25.0 Å². The zero-order valence-corrected chi connectivity index (χ0v) is 13.2. The van der Waals surface area contributed by atoms with E-state index in [1.165, 1.54) is 6.92 Å². The van der Waals surface area contributed by atoms with Crippen LogP contribution in [0.3, 0.4) is 0 Å². The molecule has 0 spiro atoms. The minimum atomic E-state index is -0.477. The van der Waals surface area contributed by atoms with Crippen molar-refractivity contribution in [3.05, 3.63) is 24.3 Å². The van der Waals surface area contributed by atoms with Crippen molar-refractivity contribution in [2.75, 3.05) is 11.9 Å². The van der Waals surface area contributed by atoms with Crippen molar-refractivity contribution in [3.8, 4) is 5.75 Å². The number of amides is 2. The Morgan fingerprint density at radius 3 is 2.59 bits per heavy atom. The van der Waals surface area contributed by atoms with Gasteiger partial charge in [0.2, 0.25) is 11.8 Å². The Morgan fingerprint density at radius 2 is 1.95 bits per heavy atom. The quantitative estimate of drug-likeness (QED) is 0.849. The molecule has 0 bridgehead atoms. The number of hydrogen-bond acceptors (Lipinski definition) is 3. The summed E-state index contributed by atoms with van der Waals surface area (Å²) in [4.78, 5) is 24.0. The molecule has 1 saturated carbocycles. The predicted molar refractivity (Wildman–Crippen MR) is 85.8 cm³/mol. The molecule has 1 aliphatic rings. The first kappa shape index (κ1) is 16.3. The Labute approximate surface area is 131 Å². The van der Waals surface area contributed by atoms with Crippen LogP contribution in [0.5, 0.6) is 5.75 Å². The van der Waals surface area contributed by atoms with Gasteiger partial charge in [-0.15, -0.1) is 0 Å². The third-order valence-electron chi connectivity index (χ3n) is 3.96. The molecule has 1 aromatic rings. The second-order valence-corrected chi connectivity index (χ2v) is 5.64. The van der Waals surface area contributed by atoms with Gasteiger partial charge >= 0.3 is 0 Å². The van der Waals surface area contributed by atoms with Gasteiger partial charge in [0.1, 0.15) is 11.8 Å². The Hall–Kier alpha value is -2.04. The summed E-state index contributed by atoms with van der Waals surface area (Å²) in [6.07, 6.45) is 4.18. The molecule has 2 amide bonds. The molecule has 0 saturated heterocycles. The van der Waals surface area contributed by atoms with Crippen LogP contribution in [-0.2, 0) is 9.59 Å². The molecule has 0 heterocycles. The molecule has 0 radical (unpaired) electrons. The van der Waals surface area contributed by atoms with Crippen LogP contribution in [0.1, 0.15) is 39.5 Å². The monoisotopic (exact) mass is 304 g/mol. The van der Waals surface area contributed by atoms with E-state index in [0.717, 1.165) is 25.7 Å². The number of para-hydroxylation sites is 2. The Balaban J connectivity index is 2.11. The van der Waals surface area contributed by atoms with Crippen LogP contribution < -0.4 is 15.4 Å². The van der Waals surface area contributed by atoms with Crippen molar-refractivity contribution in [1.29, 1.82) is 0 Å². The summed E-state index contributed by atoms with van der Waals surface area (Å²) >= 11 is 0. The molecular formula is C17H24N2O3. The molecular weight excluding hydrogens is 280 g/mol. The number of ether oxygens (including phenoxy) is 1. The first-order chi connectivity index (χ1) is 10.6. The Bertz CT molecular complexity index is 524. The van der Waals surface area contributed by atoms with Gasteiger partial charge in [-0.2, -0.15) is 0 Å². The lowest BCUT2D eigenvalue weighted by atomic mass is 9.97. The van der Waals surface area contributed by atoms with Gasteiger partial charge in [-0.25, -0.2) is 0 Å². The smallest absolute Gasteiger partial charge is 0.247 e. The lowest BCUT2D eigenvalue weighted by Crippen LogP contribution is -2.47. The van der Waals surface area contributed by atoms with Gasteiger partial charge in [-0.3, -0.25) is 9.59 Å². The second kappa shape index (κ2) is 7.82. The normalized spacial score (nSPS) is 16.1. The van der Waals surface area contributed by atoms with Crippen molar-refractivity contribution in [2.45, 2.75) is 45.6 Å². The Morgan fingerprint density at radius 1 is 1.27 bits per heavy atom. The number of carbonyl (C=O) groups is 2. The largest absolute Gasteiger partial charge is 0.492 e. The minimum absolute atomic E-state index is 0.172. The van der Waals surface area contributed by atoms with E-state index in [1.807, 2.05) is 31.2 Å². The van der Waals surface area contributed by atoms with Gasteiger partial charge in [0.15, 0.2) is 0 Å². The first-order valence-corrected chi connectivity index (χ1v) is 7.91. The molecule has 0 aromatic heterocycles. The summed E-state index contributed by atoms with van der Waals surface area (Å²) in [6, 6.07) is 6.86. The maximum absolute atomic E-state index is 12.6. The zero-order chi connectivity index (χ0) is 15.9. The van der Waals surface area contributed by atoms with Crippen LogP contribution in [0.2, 0.25) is 0 Å². The lowest BCUT2D eigenvalue weighted by Gasteiger charge is -2.23. The molecule has 0 unspecified atom stereocenters. The first-order valence-electron chi connectivity index (χ1n) is 7.91. The van der Waals surface area contributed by atoms with E-state index in [4.69, 9.17) is 4.74 Å². The summed E-state index contributed by atoms with van der Waals surface area (Å²) in [5, 5.41) is 5.70. The molecule has 1 aliphatic carbocycles. The summed E-state index contributed by atoms with van der Waals surface area (Å²) in [7, 11) is 0. The SMILES string of the molecule is CCOc1ccccc1NC(=O)[C@H](NC(C)=O)C1CCCC1. The van der Waals surface area contributed by atoms with Crippen LogP contribution in [0.25, 0.3) is 0 Å². The summed E-state index contributed by atoms with van der Waals surface area (Å²) in [6.45, 7) is 3.88. The average Bonchev–Trinajstić information content (AvgIpc) is 3.01. The van der Waals surface area contributed by atoms with Crippen LogP contribution >= 0.6 is 0 Å². The fraction of sp³-hybridized carbons (Fsp3) is 0.529. The number of benzene rings is 1. The predicted octanol–water partition coefficient (Wildman–Crippen LogP) is 2.72. The summed E-state index contributed by atoms with van der Waals surface area (Å²) < 4.78 is 5.52. The van der Waals surface area contributed by atoms with Crippen LogP contribution in [0, 0.1) is 5.92 Å². The highest BCUT2D eigenvalue weighted by Gasteiger charge is 2.31. The van der Waals surface area contributed by atoms with Crippen molar-refractivity contribution in [2.24, 2.45) is 5.92 Å². The number of rotatable bonds is 6. The standard InChI is InChI=1S/C17H24N2O3/c1-3-22-15-11-7-6-10-14(15)19-17(21)16(18-12(2)20)13-8-4-5-9-13/h6-7,10-11,13,16H,3-5,8-9H2,1-2H3,(H,18,20)(H,19,21)/t16-/m1/s1. The van der Waals surface area contributed by atoms with Gasteiger partial charge in [-0.05, 0) is 37.8 Å². The maximum Gasteiger partial charge on any atom is 0.247 e. The third-order valence-corrected chi connectivity index (χ3v) is 3.96.